The molecule has 0 amide bonds. The Morgan fingerprint density at radius 2 is 1.67 bits per heavy atom. The number of piperazine rings is 1. The van der Waals surface area contributed by atoms with Gasteiger partial charge in [0.2, 0.25) is 0 Å². The molecule has 0 aliphatic carbocycles. The van der Waals surface area contributed by atoms with Gasteiger partial charge in [-0.3, -0.25) is 4.90 Å². The van der Waals surface area contributed by atoms with Crippen molar-refractivity contribution in [2.45, 2.75) is 19.4 Å². The van der Waals surface area contributed by atoms with Gasteiger partial charge in [-0.25, -0.2) is 4.98 Å². The van der Waals surface area contributed by atoms with Crippen molar-refractivity contribution in [3.63, 3.8) is 0 Å². The Hall–Kier alpha value is -1.87. The van der Waals surface area contributed by atoms with E-state index >= 15 is 0 Å². The highest BCUT2D eigenvalue weighted by molar-refractivity contribution is 5.38. The van der Waals surface area contributed by atoms with Crippen LogP contribution in [0.1, 0.15) is 12.5 Å². The monoisotopic (exact) mass is 281 g/mol. The molecule has 2 heterocycles. The molecule has 1 aromatic carbocycles. The first-order valence-corrected chi connectivity index (χ1v) is 7.77. The van der Waals surface area contributed by atoms with Crippen molar-refractivity contribution >= 4 is 5.82 Å². The van der Waals surface area contributed by atoms with Gasteiger partial charge in [-0.05, 0) is 31.0 Å². The lowest BCUT2D eigenvalue weighted by atomic mass is 10.1. The number of hydrogen-bond donors (Lipinski definition) is 0. The summed E-state index contributed by atoms with van der Waals surface area (Å²) in [5, 5.41) is 0. The van der Waals surface area contributed by atoms with Crippen molar-refractivity contribution in [3.05, 3.63) is 60.3 Å². The predicted molar refractivity (Wildman–Crippen MR) is 87.6 cm³/mol. The van der Waals surface area contributed by atoms with Gasteiger partial charge in [0.1, 0.15) is 5.82 Å². The second-order valence-corrected chi connectivity index (χ2v) is 5.75. The maximum Gasteiger partial charge on any atom is 0.128 e. The van der Waals surface area contributed by atoms with Crippen LogP contribution >= 0.6 is 0 Å². The van der Waals surface area contributed by atoms with Gasteiger partial charge in [-0.2, -0.15) is 0 Å². The van der Waals surface area contributed by atoms with Crippen LogP contribution in [-0.2, 0) is 6.42 Å². The molecular weight excluding hydrogens is 258 g/mol. The quantitative estimate of drug-likeness (QED) is 0.859. The van der Waals surface area contributed by atoms with Gasteiger partial charge in [0.15, 0.2) is 0 Å². The highest BCUT2D eigenvalue weighted by Crippen LogP contribution is 2.15. The average molecular weight is 281 g/mol. The summed E-state index contributed by atoms with van der Waals surface area (Å²) in [5.41, 5.74) is 1.43. The van der Waals surface area contributed by atoms with Crippen LogP contribution in [0, 0.1) is 0 Å². The lowest BCUT2D eigenvalue weighted by molar-refractivity contribution is 0.195. The molecule has 1 atom stereocenters. The lowest BCUT2D eigenvalue weighted by Crippen LogP contribution is -2.50. The van der Waals surface area contributed by atoms with E-state index in [1.165, 1.54) is 5.56 Å². The van der Waals surface area contributed by atoms with Crippen LogP contribution in [0.25, 0.3) is 0 Å². The molecule has 0 radical (unpaired) electrons. The zero-order valence-electron chi connectivity index (χ0n) is 12.7. The summed E-state index contributed by atoms with van der Waals surface area (Å²) in [6.45, 7) is 6.70. The number of rotatable bonds is 4. The summed E-state index contributed by atoms with van der Waals surface area (Å²) in [6.07, 6.45) is 3.00. The van der Waals surface area contributed by atoms with Crippen LogP contribution in [0.2, 0.25) is 0 Å². The highest BCUT2D eigenvalue weighted by Gasteiger charge is 2.21. The van der Waals surface area contributed by atoms with Crippen molar-refractivity contribution in [2.24, 2.45) is 0 Å². The number of anilines is 1. The zero-order valence-corrected chi connectivity index (χ0v) is 12.7. The molecule has 3 nitrogen and oxygen atoms in total. The standard InChI is InChI=1S/C18H23N3/c1-16(15-17-7-3-2-4-8-17)20-11-13-21(14-12-20)18-9-5-6-10-19-18/h2-10,16H,11-15H2,1H3. The number of hydrogen-bond acceptors (Lipinski definition) is 3. The summed E-state index contributed by atoms with van der Waals surface area (Å²) >= 11 is 0. The van der Waals surface area contributed by atoms with E-state index in [9.17, 15) is 0 Å². The number of benzene rings is 1. The van der Waals surface area contributed by atoms with E-state index < -0.39 is 0 Å². The topological polar surface area (TPSA) is 19.4 Å². The van der Waals surface area contributed by atoms with Gasteiger partial charge >= 0.3 is 0 Å². The Kier molecular flexibility index (Phi) is 4.51. The third-order valence-electron chi connectivity index (χ3n) is 4.28. The normalized spacial score (nSPS) is 17.7. The average Bonchev–Trinajstić information content (AvgIpc) is 2.57. The van der Waals surface area contributed by atoms with Crippen LogP contribution in [0.5, 0.6) is 0 Å². The van der Waals surface area contributed by atoms with Crippen LogP contribution in [-0.4, -0.2) is 42.1 Å². The summed E-state index contributed by atoms with van der Waals surface area (Å²) < 4.78 is 0. The Labute approximate surface area is 127 Å². The molecule has 1 saturated heterocycles. The molecule has 3 heteroatoms. The molecule has 3 rings (SSSR count). The molecule has 0 saturated carbocycles. The summed E-state index contributed by atoms with van der Waals surface area (Å²) in [6, 6.07) is 17.5. The maximum absolute atomic E-state index is 4.45. The Bertz CT molecular complexity index is 533. The van der Waals surface area contributed by atoms with Crippen LogP contribution in [0.3, 0.4) is 0 Å². The van der Waals surface area contributed by atoms with E-state index in [0.717, 1.165) is 38.4 Å². The first kappa shape index (κ1) is 14.1. The maximum atomic E-state index is 4.45. The largest absolute Gasteiger partial charge is 0.354 e. The fourth-order valence-electron chi connectivity index (χ4n) is 3.02. The summed E-state index contributed by atoms with van der Waals surface area (Å²) in [7, 11) is 0. The van der Waals surface area contributed by atoms with E-state index in [0.29, 0.717) is 6.04 Å². The molecule has 0 N–H and O–H groups in total. The lowest BCUT2D eigenvalue weighted by Gasteiger charge is -2.38. The van der Waals surface area contributed by atoms with Gasteiger partial charge in [-0.1, -0.05) is 36.4 Å². The first-order chi connectivity index (χ1) is 10.3. The van der Waals surface area contributed by atoms with Gasteiger partial charge in [-0.15, -0.1) is 0 Å². The van der Waals surface area contributed by atoms with E-state index in [4.69, 9.17) is 0 Å². The van der Waals surface area contributed by atoms with E-state index in [2.05, 4.69) is 64.2 Å². The smallest absolute Gasteiger partial charge is 0.128 e. The van der Waals surface area contributed by atoms with Crippen molar-refractivity contribution in [3.8, 4) is 0 Å². The van der Waals surface area contributed by atoms with Crippen molar-refractivity contribution < 1.29 is 0 Å². The molecular formula is C18H23N3. The highest BCUT2D eigenvalue weighted by atomic mass is 15.3. The molecule has 0 bridgehead atoms. The Morgan fingerprint density at radius 3 is 2.33 bits per heavy atom. The minimum absolute atomic E-state index is 0.596. The number of pyridine rings is 1. The third kappa shape index (κ3) is 3.61. The van der Waals surface area contributed by atoms with Gasteiger partial charge in [0.05, 0.1) is 0 Å². The molecule has 2 aromatic rings. The Balaban J connectivity index is 1.53. The zero-order chi connectivity index (χ0) is 14.5. The number of aromatic nitrogens is 1. The summed E-state index contributed by atoms with van der Waals surface area (Å²) in [4.78, 5) is 9.42. The van der Waals surface area contributed by atoms with E-state index in [1.54, 1.807) is 0 Å². The third-order valence-corrected chi connectivity index (χ3v) is 4.28. The fraction of sp³-hybridized carbons (Fsp3) is 0.389. The second-order valence-electron chi connectivity index (χ2n) is 5.75. The van der Waals surface area contributed by atoms with Gasteiger partial charge < -0.3 is 4.90 Å². The van der Waals surface area contributed by atoms with E-state index in [1.807, 2.05) is 12.3 Å². The second kappa shape index (κ2) is 6.72. The minimum atomic E-state index is 0.596. The van der Waals surface area contributed by atoms with Crippen LogP contribution < -0.4 is 4.90 Å². The SMILES string of the molecule is CC(Cc1ccccc1)N1CCN(c2ccccn2)CC1. The fourth-order valence-corrected chi connectivity index (χ4v) is 3.02. The van der Waals surface area contributed by atoms with Crippen molar-refractivity contribution in [1.82, 2.24) is 9.88 Å². The summed E-state index contributed by atoms with van der Waals surface area (Å²) in [5.74, 6) is 1.10. The van der Waals surface area contributed by atoms with Crippen LogP contribution in [0.15, 0.2) is 54.7 Å². The Morgan fingerprint density at radius 1 is 0.952 bits per heavy atom. The molecule has 110 valence electrons. The molecule has 1 fully saturated rings. The molecule has 21 heavy (non-hydrogen) atoms. The molecule has 1 aliphatic heterocycles. The van der Waals surface area contributed by atoms with Crippen LogP contribution in [0.4, 0.5) is 5.82 Å². The van der Waals surface area contributed by atoms with Gasteiger partial charge in [0, 0.05) is 38.4 Å². The van der Waals surface area contributed by atoms with Gasteiger partial charge in [0.25, 0.3) is 0 Å². The molecule has 0 spiro atoms. The van der Waals surface area contributed by atoms with E-state index in [-0.39, 0.29) is 0 Å². The number of nitrogens with zero attached hydrogens (tertiary/aromatic N) is 3. The first-order valence-electron chi connectivity index (χ1n) is 7.77. The molecule has 1 unspecified atom stereocenters. The minimum Gasteiger partial charge on any atom is -0.354 e. The molecule has 1 aliphatic rings. The van der Waals surface area contributed by atoms with Crippen molar-refractivity contribution in [2.75, 3.05) is 31.1 Å². The predicted octanol–water partition coefficient (Wildman–Crippen LogP) is 2.83. The molecule has 1 aromatic heterocycles. The van der Waals surface area contributed by atoms with Crippen molar-refractivity contribution in [1.29, 1.82) is 0 Å².